The number of rotatable bonds is 8. The highest BCUT2D eigenvalue weighted by molar-refractivity contribution is 7.89. The predicted octanol–water partition coefficient (Wildman–Crippen LogP) is 2.87. The number of hydrogen-bond donors (Lipinski definition) is 3. The highest BCUT2D eigenvalue weighted by atomic mass is 32.2. The maximum atomic E-state index is 12.5. The summed E-state index contributed by atoms with van der Waals surface area (Å²) in [6.07, 6.45) is 0.485. The van der Waals surface area contributed by atoms with Crippen LogP contribution in [0, 0.1) is 5.41 Å². The third-order valence-electron chi connectivity index (χ3n) is 4.08. The molecule has 0 radical (unpaired) electrons. The Morgan fingerprint density at radius 2 is 1.70 bits per heavy atom. The molecule has 0 fully saturated rings. The minimum atomic E-state index is -3.58. The number of nitrogens with one attached hydrogen (secondary N) is 2. The molecule has 0 atom stereocenters. The first-order valence-corrected chi connectivity index (χ1v) is 10.0. The summed E-state index contributed by atoms with van der Waals surface area (Å²) >= 11 is 0. The molecule has 140 valence electrons. The molecule has 0 aliphatic heterocycles. The van der Waals surface area contributed by atoms with Gasteiger partial charge >= 0.3 is 0 Å². The number of nitrogen functional groups attached to an aromatic ring is 1. The van der Waals surface area contributed by atoms with Crippen molar-refractivity contribution >= 4 is 26.6 Å². The Morgan fingerprint density at radius 3 is 2.48 bits per heavy atom. The number of fused-ring (bicyclic) bond motifs is 1. The van der Waals surface area contributed by atoms with Gasteiger partial charge in [-0.2, -0.15) is 0 Å². The lowest BCUT2D eigenvalue weighted by Crippen LogP contribution is -2.26. The first kappa shape index (κ1) is 18.9. The summed E-state index contributed by atoms with van der Waals surface area (Å²) in [4.78, 5) is 0.240. The van der Waals surface area contributed by atoms with Crippen molar-refractivity contribution in [1.82, 2.24) is 4.72 Å². The molecule has 4 N–H and O–H groups in total. The van der Waals surface area contributed by atoms with Crippen molar-refractivity contribution in [1.29, 1.82) is 5.41 Å². The Balaban J connectivity index is 1.56. The molecule has 0 bridgehead atoms. The summed E-state index contributed by atoms with van der Waals surface area (Å²) < 4.78 is 33.1. The lowest BCUT2D eigenvalue weighted by atomic mass is 10.1. The summed E-state index contributed by atoms with van der Waals surface area (Å²) in [7, 11) is -3.58. The molecule has 3 aromatic rings. The molecule has 0 aliphatic rings. The van der Waals surface area contributed by atoms with E-state index >= 15 is 0 Å². The summed E-state index contributed by atoms with van der Waals surface area (Å²) in [5.74, 6) is 0.449. The van der Waals surface area contributed by atoms with Crippen LogP contribution in [0.25, 0.3) is 10.8 Å². The molecule has 0 spiro atoms. The normalized spacial score (nSPS) is 11.4. The molecule has 3 rings (SSSR count). The van der Waals surface area contributed by atoms with Crippen molar-refractivity contribution in [3.8, 4) is 5.75 Å². The zero-order valence-corrected chi connectivity index (χ0v) is 15.5. The Kier molecular flexibility index (Phi) is 5.73. The lowest BCUT2D eigenvalue weighted by molar-refractivity contribution is 0.311. The molecule has 27 heavy (non-hydrogen) atoms. The van der Waals surface area contributed by atoms with Crippen LogP contribution in [0.15, 0.2) is 71.6 Å². The Labute approximate surface area is 158 Å². The van der Waals surface area contributed by atoms with Gasteiger partial charge in [-0.1, -0.05) is 42.5 Å². The van der Waals surface area contributed by atoms with Gasteiger partial charge in [0.05, 0.1) is 17.1 Å². The average Bonchev–Trinajstić information content (AvgIpc) is 2.67. The molecule has 3 aromatic carbocycles. The van der Waals surface area contributed by atoms with Gasteiger partial charge in [-0.25, -0.2) is 13.1 Å². The van der Waals surface area contributed by atoms with Gasteiger partial charge < -0.3 is 10.5 Å². The molecule has 0 aliphatic carbocycles. The van der Waals surface area contributed by atoms with Crippen LogP contribution in [0.3, 0.4) is 0 Å². The second kappa shape index (κ2) is 8.20. The van der Waals surface area contributed by atoms with Gasteiger partial charge in [0.2, 0.25) is 10.0 Å². The Morgan fingerprint density at radius 1 is 1.00 bits per heavy atom. The second-order valence-electron chi connectivity index (χ2n) is 6.02. The van der Waals surface area contributed by atoms with Crippen LogP contribution in [-0.2, 0) is 10.0 Å². The maximum Gasteiger partial charge on any atom is 0.240 e. The van der Waals surface area contributed by atoms with E-state index in [0.717, 1.165) is 10.8 Å². The number of nitrogens with two attached hydrogens (primary N) is 1. The fraction of sp³-hybridized carbons (Fsp3) is 0.150. The van der Waals surface area contributed by atoms with Crippen LogP contribution >= 0.6 is 0 Å². The summed E-state index contributed by atoms with van der Waals surface area (Å²) in [6.45, 7) is 0.557. The number of hydrogen-bond acceptors (Lipinski definition) is 4. The zero-order chi connectivity index (χ0) is 19.3. The Bertz CT molecular complexity index is 1060. The number of benzene rings is 3. The standard InChI is InChI=1S/C20H21N3O3S/c21-20(22)18-8-3-4-9-19(18)26-13-5-12-23-27(24,25)17-11-10-15-6-1-2-7-16(15)14-17/h1-4,6-11,14,23H,5,12-13H2,(H3,21,22). The van der Waals surface area contributed by atoms with E-state index in [2.05, 4.69) is 4.72 Å². The highest BCUT2D eigenvalue weighted by Crippen LogP contribution is 2.19. The zero-order valence-electron chi connectivity index (χ0n) is 14.7. The summed E-state index contributed by atoms with van der Waals surface area (Å²) in [6, 6.07) is 19.7. The predicted molar refractivity (Wildman–Crippen MR) is 107 cm³/mol. The molecule has 0 aromatic heterocycles. The third-order valence-corrected chi connectivity index (χ3v) is 5.54. The number of ether oxygens (including phenoxy) is 1. The minimum Gasteiger partial charge on any atom is -0.493 e. The monoisotopic (exact) mass is 383 g/mol. The largest absolute Gasteiger partial charge is 0.493 e. The van der Waals surface area contributed by atoms with Crippen molar-refractivity contribution in [2.75, 3.05) is 13.2 Å². The smallest absolute Gasteiger partial charge is 0.240 e. The van der Waals surface area contributed by atoms with Gasteiger partial charge in [0.15, 0.2) is 0 Å². The van der Waals surface area contributed by atoms with Crippen LogP contribution < -0.4 is 15.2 Å². The van der Waals surface area contributed by atoms with E-state index in [-0.39, 0.29) is 17.3 Å². The average molecular weight is 383 g/mol. The number of amidine groups is 1. The molecule has 0 saturated carbocycles. The van der Waals surface area contributed by atoms with Crippen molar-refractivity contribution in [2.24, 2.45) is 5.73 Å². The van der Waals surface area contributed by atoms with Crippen LogP contribution in [-0.4, -0.2) is 27.4 Å². The molecule has 6 nitrogen and oxygen atoms in total. The van der Waals surface area contributed by atoms with Crippen LogP contribution in [0.4, 0.5) is 0 Å². The highest BCUT2D eigenvalue weighted by Gasteiger charge is 2.13. The summed E-state index contributed by atoms with van der Waals surface area (Å²) in [5.41, 5.74) is 6.04. The third kappa shape index (κ3) is 4.64. The lowest BCUT2D eigenvalue weighted by Gasteiger charge is -2.11. The quantitative estimate of drug-likeness (QED) is 0.316. The molecular weight excluding hydrogens is 362 g/mol. The van der Waals surface area contributed by atoms with Crippen molar-refractivity contribution in [2.45, 2.75) is 11.3 Å². The molecule has 7 heteroatoms. The Hall–Kier alpha value is -2.90. The van der Waals surface area contributed by atoms with Gasteiger partial charge in [0.25, 0.3) is 0 Å². The molecular formula is C20H21N3O3S. The molecule has 0 saturated heterocycles. The van der Waals surface area contributed by atoms with E-state index in [9.17, 15) is 8.42 Å². The van der Waals surface area contributed by atoms with E-state index in [1.165, 1.54) is 0 Å². The fourth-order valence-corrected chi connectivity index (χ4v) is 3.80. The topological polar surface area (TPSA) is 105 Å². The van der Waals surface area contributed by atoms with Gasteiger partial charge in [-0.15, -0.1) is 0 Å². The van der Waals surface area contributed by atoms with Gasteiger partial charge in [0.1, 0.15) is 11.6 Å². The van der Waals surface area contributed by atoms with Gasteiger partial charge in [0, 0.05) is 6.54 Å². The first-order chi connectivity index (χ1) is 13.0. The molecule has 0 heterocycles. The van der Waals surface area contributed by atoms with Crippen LogP contribution in [0.1, 0.15) is 12.0 Å². The number of sulfonamides is 1. The molecule has 0 unspecified atom stereocenters. The van der Waals surface area contributed by atoms with Crippen LogP contribution in [0.5, 0.6) is 5.75 Å². The van der Waals surface area contributed by atoms with Gasteiger partial charge in [-0.3, -0.25) is 5.41 Å². The number of para-hydroxylation sites is 1. The van der Waals surface area contributed by atoms with E-state index in [1.807, 2.05) is 24.3 Å². The SMILES string of the molecule is N=C(N)c1ccccc1OCCCNS(=O)(=O)c1ccc2ccccc2c1. The van der Waals surface area contributed by atoms with E-state index < -0.39 is 10.0 Å². The van der Waals surface area contributed by atoms with Gasteiger partial charge in [-0.05, 0) is 41.5 Å². The van der Waals surface area contributed by atoms with E-state index in [4.69, 9.17) is 15.9 Å². The fourth-order valence-electron chi connectivity index (χ4n) is 2.69. The van der Waals surface area contributed by atoms with Crippen molar-refractivity contribution < 1.29 is 13.2 Å². The summed E-state index contributed by atoms with van der Waals surface area (Å²) in [5, 5.41) is 9.41. The maximum absolute atomic E-state index is 12.5. The van der Waals surface area contributed by atoms with Crippen LogP contribution in [0.2, 0.25) is 0 Å². The van der Waals surface area contributed by atoms with E-state index in [1.54, 1.807) is 42.5 Å². The second-order valence-corrected chi connectivity index (χ2v) is 7.79. The van der Waals surface area contributed by atoms with E-state index in [0.29, 0.717) is 24.3 Å². The van der Waals surface area contributed by atoms with Crippen molar-refractivity contribution in [3.05, 3.63) is 72.3 Å². The first-order valence-electron chi connectivity index (χ1n) is 8.52. The van der Waals surface area contributed by atoms with Crippen molar-refractivity contribution in [3.63, 3.8) is 0 Å². The minimum absolute atomic E-state index is 0.0670. The molecule has 0 amide bonds.